The van der Waals surface area contributed by atoms with Crippen LogP contribution < -0.4 is 9.47 Å². The van der Waals surface area contributed by atoms with Crippen LogP contribution in [0.25, 0.3) is 0 Å². The van der Waals surface area contributed by atoms with Gasteiger partial charge in [-0.2, -0.15) is 0 Å². The van der Waals surface area contributed by atoms with Crippen molar-refractivity contribution >= 4 is 0 Å². The van der Waals surface area contributed by atoms with Gasteiger partial charge in [0.1, 0.15) is 36.2 Å². The Morgan fingerprint density at radius 1 is 0.516 bits per heavy atom. The van der Waals surface area contributed by atoms with Gasteiger partial charge in [-0.15, -0.1) is 0 Å². The number of aliphatic hydroxyl groups excluding tert-OH is 2. The summed E-state index contributed by atoms with van der Waals surface area (Å²) in [7, 11) is 0. The SMILES string of the molecule is CC1(C)[C@@H](O)CC[C@]2(C)[C@H]3Cc4cc(O)cc(O)c4[C@]3(C)CC[C@@H]12.CC1(C)[C@@H](O)CC[C@]2(C)[C@H]3Cc4cc(OCc5ccccc5)cc(OCc5ccccc5)c4[C@]3(C)CC[C@@H]12. The summed E-state index contributed by atoms with van der Waals surface area (Å²) in [5.41, 5.74) is 7.57. The maximum absolute atomic E-state index is 10.9. The fourth-order valence-electron chi connectivity index (χ4n) is 15.7. The predicted molar refractivity (Wildman–Crippen MR) is 247 cm³/mol. The highest BCUT2D eigenvalue weighted by Gasteiger charge is 2.65. The van der Waals surface area contributed by atoms with Crippen LogP contribution in [0.2, 0.25) is 0 Å². The molecule has 0 heterocycles. The molecule has 0 spiro atoms. The van der Waals surface area contributed by atoms with Crippen molar-refractivity contribution in [2.24, 2.45) is 45.3 Å². The Morgan fingerprint density at radius 2 is 0.984 bits per heavy atom. The molecule has 0 unspecified atom stereocenters. The van der Waals surface area contributed by atoms with Crippen LogP contribution in [0.5, 0.6) is 23.0 Å². The summed E-state index contributed by atoms with van der Waals surface area (Å²) in [5.74, 6) is 4.29. The van der Waals surface area contributed by atoms with Crippen LogP contribution in [0.1, 0.15) is 140 Å². The monoisotopic (exact) mass is 841 g/mol. The van der Waals surface area contributed by atoms with E-state index in [2.05, 4.69) is 116 Å². The van der Waals surface area contributed by atoms with E-state index in [1.165, 1.54) is 28.3 Å². The Hall–Kier alpha value is -4.00. The molecule has 0 aromatic heterocycles. The largest absolute Gasteiger partial charge is 0.508 e. The van der Waals surface area contributed by atoms with Gasteiger partial charge >= 0.3 is 0 Å². The zero-order valence-electron chi connectivity index (χ0n) is 38.6. The quantitative estimate of drug-likeness (QED) is 0.154. The molecule has 10 atom stereocenters. The molecule has 4 saturated carbocycles. The molecule has 0 radical (unpaired) electrons. The molecule has 4 aromatic rings. The van der Waals surface area contributed by atoms with Crippen molar-refractivity contribution in [3.63, 3.8) is 0 Å². The Bertz CT molecular complexity index is 2280. The lowest BCUT2D eigenvalue weighted by molar-refractivity contribution is -0.151. The predicted octanol–water partition coefficient (Wildman–Crippen LogP) is 12.0. The maximum Gasteiger partial charge on any atom is 0.127 e. The van der Waals surface area contributed by atoms with Gasteiger partial charge < -0.3 is 29.9 Å². The van der Waals surface area contributed by atoms with Crippen molar-refractivity contribution in [2.75, 3.05) is 0 Å². The fraction of sp³-hybridized carbons (Fsp3) is 0.571. The van der Waals surface area contributed by atoms with E-state index in [0.29, 0.717) is 36.9 Å². The summed E-state index contributed by atoms with van der Waals surface area (Å²) in [4.78, 5) is 0. The first-order chi connectivity index (χ1) is 29.3. The Labute approximate surface area is 371 Å². The minimum atomic E-state index is -0.221. The van der Waals surface area contributed by atoms with Crippen LogP contribution in [-0.4, -0.2) is 32.6 Å². The van der Waals surface area contributed by atoms with Crippen LogP contribution in [0, 0.1) is 45.3 Å². The van der Waals surface area contributed by atoms with Gasteiger partial charge in [-0.1, -0.05) is 116 Å². The lowest BCUT2D eigenvalue weighted by atomic mass is 9.43. The molecule has 6 aliphatic rings. The molecule has 0 aliphatic heterocycles. The van der Waals surface area contributed by atoms with Gasteiger partial charge in [0.25, 0.3) is 0 Å². The number of phenolic OH excluding ortho intramolecular Hbond substituents is 2. The third-order valence-corrected chi connectivity index (χ3v) is 18.9. The van der Waals surface area contributed by atoms with Crippen LogP contribution in [-0.2, 0) is 36.9 Å². The summed E-state index contributed by atoms with van der Waals surface area (Å²) in [5, 5.41) is 42.0. The normalized spacial score (nSPS) is 35.7. The third-order valence-electron chi connectivity index (χ3n) is 18.9. The van der Waals surface area contributed by atoms with E-state index in [0.717, 1.165) is 86.8 Å². The van der Waals surface area contributed by atoms with E-state index in [-0.39, 0.29) is 56.2 Å². The number of rotatable bonds is 6. The second-order valence-corrected chi connectivity index (χ2v) is 22.8. The van der Waals surface area contributed by atoms with Gasteiger partial charge in [0.15, 0.2) is 0 Å². The van der Waals surface area contributed by atoms with Crippen LogP contribution in [0.4, 0.5) is 0 Å². The summed E-state index contributed by atoms with van der Waals surface area (Å²) in [6, 6.07) is 28.6. The van der Waals surface area contributed by atoms with Gasteiger partial charge in [-0.3, -0.25) is 0 Å². The molecule has 6 aliphatic carbocycles. The summed E-state index contributed by atoms with van der Waals surface area (Å²) < 4.78 is 13.0. The van der Waals surface area contributed by atoms with Gasteiger partial charge in [0, 0.05) is 34.1 Å². The minimum Gasteiger partial charge on any atom is -0.508 e. The summed E-state index contributed by atoms with van der Waals surface area (Å²) in [6.07, 6.45) is 9.85. The maximum atomic E-state index is 10.9. The van der Waals surface area contributed by atoms with E-state index < -0.39 is 0 Å². The van der Waals surface area contributed by atoms with E-state index in [1.807, 2.05) is 18.2 Å². The highest BCUT2D eigenvalue weighted by atomic mass is 16.5. The molecule has 6 nitrogen and oxygen atoms in total. The lowest BCUT2D eigenvalue weighted by Gasteiger charge is -2.62. The first-order valence-electron chi connectivity index (χ1n) is 23.7. The minimum absolute atomic E-state index is 0.0310. The van der Waals surface area contributed by atoms with Crippen molar-refractivity contribution in [3.05, 3.63) is 118 Å². The van der Waals surface area contributed by atoms with Crippen molar-refractivity contribution in [2.45, 2.75) is 156 Å². The van der Waals surface area contributed by atoms with E-state index in [4.69, 9.17) is 9.47 Å². The molecule has 4 fully saturated rings. The highest BCUT2D eigenvalue weighted by Crippen LogP contribution is 2.70. The van der Waals surface area contributed by atoms with E-state index in [1.54, 1.807) is 0 Å². The smallest absolute Gasteiger partial charge is 0.127 e. The standard InChI is InChI=1S/C35H42O3.C21H30O3/c1-33(2)29-15-17-35(4)30(34(29,3)18-16-31(33)36)20-26-19-27(37-22-24-11-7-5-8-12-24)21-28(32(26)35)38-23-25-13-9-6-10-14-25;1-19(2)15-5-7-21(4)16(20(15,3)8-6-17(19)24)10-12-9-13(22)11-14(23)18(12)21/h5-14,19,21,29-31,36H,15-18,20,22-23H2,1-4H3;9,11,15-17,22-24H,5-8,10H2,1-4H3/t29-,30+,31-,34-,35+;15-,16+,17-,20-,21+/m00/s1. The fourth-order valence-corrected chi connectivity index (χ4v) is 15.7. The number of aliphatic hydroxyl groups is 2. The van der Waals surface area contributed by atoms with Gasteiger partial charge in [0.05, 0.1) is 12.2 Å². The van der Waals surface area contributed by atoms with Crippen molar-refractivity contribution in [1.82, 2.24) is 0 Å². The molecular weight excluding hydrogens is 769 g/mol. The molecule has 6 heteroatoms. The number of aromatic hydroxyl groups is 2. The Kier molecular flexibility index (Phi) is 10.7. The highest BCUT2D eigenvalue weighted by molar-refractivity contribution is 5.56. The number of hydrogen-bond donors (Lipinski definition) is 4. The van der Waals surface area contributed by atoms with E-state index in [9.17, 15) is 20.4 Å². The Morgan fingerprint density at radius 3 is 1.50 bits per heavy atom. The first kappa shape index (κ1) is 43.3. The average Bonchev–Trinajstić information content (AvgIpc) is 3.72. The lowest BCUT2D eigenvalue weighted by Crippen LogP contribution is -2.58. The number of phenols is 2. The van der Waals surface area contributed by atoms with Gasteiger partial charge in [0.2, 0.25) is 0 Å². The number of hydrogen-bond acceptors (Lipinski definition) is 6. The van der Waals surface area contributed by atoms with Gasteiger partial charge in [-0.25, -0.2) is 0 Å². The topological polar surface area (TPSA) is 99.4 Å². The molecule has 332 valence electrons. The third kappa shape index (κ3) is 6.79. The number of fused-ring (bicyclic) bond motifs is 10. The average molecular weight is 841 g/mol. The Balaban J connectivity index is 0.000000175. The second kappa shape index (κ2) is 15.3. The van der Waals surface area contributed by atoms with Crippen LogP contribution in [0.15, 0.2) is 84.9 Å². The molecule has 0 bridgehead atoms. The number of benzene rings is 4. The summed E-state index contributed by atoms with van der Waals surface area (Å²) >= 11 is 0. The molecule has 4 aromatic carbocycles. The van der Waals surface area contributed by atoms with Crippen molar-refractivity contribution < 1.29 is 29.9 Å². The first-order valence-corrected chi connectivity index (χ1v) is 23.7. The van der Waals surface area contributed by atoms with Gasteiger partial charge in [-0.05, 0) is 144 Å². The van der Waals surface area contributed by atoms with Crippen LogP contribution in [0.3, 0.4) is 0 Å². The zero-order valence-corrected chi connectivity index (χ0v) is 38.6. The van der Waals surface area contributed by atoms with Crippen molar-refractivity contribution in [1.29, 1.82) is 0 Å². The number of ether oxygens (including phenoxy) is 2. The molecule has 4 N–H and O–H groups in total. The molecule has 0 amide bonds. The molecule has 0 saturated heterocycles. The van der Waals surface area contributed by atoms with Crippen molar-refractivity contribution in [3.8, 4) is 23.0 Å². The zero-order chi connectivity index (χ0) is 44.0. The van der Waals surface area contributed by atoms with E-state index >= 15 is 0 Å². The van der Waals surface area contributed by atoms with Crippen LogP contribution >= 0.6 is 0 Å². The molecular formula is C56H72O6. The summed E-state index contributed by atoms with van der Waals surface area (Å²) in [6.45, 7) is 19.9. The molecule has 62 heavy (non-hydrogen) atoms. The molecule has 10 rings (SSSR count). The second-order valence-electron chi connectivity index (χ2n) is 22.8.